The lowest BCUT2D eigenvalue weighted by molar-refractivity contribution is 0.0600. The highest BCUT2D eigenvalue weighted by molar-refractivity contribution is 9.08. The van der Waals surface area contributed by atoms with Crippen molar-refractivity contribution < 1.29 is 9.53 Å². The van der Waals surface area contributed by atoms with Gasteiger partial charge in [0.2, 0.25) is 0 Å². The molecular formula is C12H17BrO2. The van der Waals surface area contributed by atoms with Crippen molar-refractivity contribution in [2.75, 3.05) is 7.11 Å². The number of carbonyl (C=O) groups excluding carboxylic acids is 1. The smallest absolute Gasteiger partial charge is 0.337 e. The van der Waals surface area contributed by atoms with E-state index < -0.39 is 0 Å². The number of aryl methyl sites for hydroxylation is 1. The summed E-state index contributed by atoms with van der Waals surface area (Å²) in [7, 11) is 1.38. The molecule has 3 heteroatoms. The molecule has 0 saturated heterocycles. The van der Waals surface area contributed by atoms with Crippen molar-refractivity contribution in [1.82, 2.24) is 0 Å². The van der Waals surface area contributed by atoms with Crippen molar-refractivity contribution in [3.05, 3.63) is 34.9 Å². The van der Waals surface area contributed by atoms with Crippen LogP contribution in [0, 0.1) is 6.92 Å². The van der Waals surface area contributed by atoms with E-state index in [1.54, 1.807) is 6.07 Å². The second-order valence-electron chi connectivity index (χ2n) is 2.77. The number of hydrogen-bond donors (Lipinski definition) is 0. The van der Waals surface area contributed by atoms with Gasteiger partial charge in [-0.15, -0.1) is 0 Å². The number of benzene rings is 1. The monoisotopic (exact) mass is 272 g/mol. The summed E-state index contributed by atoms with van der Waals surface area (Å²) in [4.78, 5) is 11.1. The van der Waals surface area contributed by atoms with Gasteiger partial charge in [0.1, 0.15) is 0 Å². The van der Waals surface area contributed by atoms with Crippen LogP contribution in [-0.2, 0) is 10.1 Å². The maximum atomic E-state index is 11.1. The minimum atomic E-state index is -0.288. The van der Waals surface area contributed by atoms with E-state index in [9.17, 15) is 4.79 Å². The standard InChI is InChI=1S/C10H11BrO2.C2H6/c1-7-5-8(10(12)13-2)3-4-9(7)6-11;1-2/h3-5H,6H2,1-2H3;1-2H3. The SMILES string of the molecule is CC.COC(=O)c1ccc(CBr)c(C)c1. The van der Waals surface area contributed by atoms with Crippen molar-refractivity contribution in [3.63, 3.8) is 0 Å². The Bertz CT molecular complexity index is 321. The van der Waals surface area contributed by atoms with Gasteiger partial charge in [0, 0.05) is 5.33 Å². The molecule has 0 heterocycles. The predicted octanol–water partition coefficient (Wildman–Crippen LogP) is 3.70. The number of alkyl halides is 1. The largest absolute Gasteiger partial charge is 0.465 e. The summed E-state index contributed by atoms with van der Waals surface area (Å²) in [5.41, 5.74) is 2.89. The third-order valence-corrected chi connectivity index (χ3v) is 2.51. The van der Waals surface area contributed by atoms with Crippen molar-refractivity contribution in [2.45, 2.75) is 26.1 Å². The van der Waals surface area contributed by atoms with E-state index >= 15 is 0 Å². The summed E-state index contributed by atoms with van der Waals surface area (Å²) >= 11 is 3.37. The van der Waals surface area contributed by atoms with Gasteiger partial charge < -0.3 is 4.74 Å². The third-order valence-electron chi connectivity index (χ3n) is 1.91. The van der Waals surface area contributed by atoms with Crippen LogP contribution in [0.15, 0.2) is 18.2 Å². The Balaban J connectivity index is 0.000000921. The molecule has 2 nitrogen and oxygen atoms in total. The second-order valence-corrected chi connectivity index (χ2v) is 3.33. The first kappa shape index (κ1) is 14.2. The van der Waals surface area contributed by atoms with Crippen LogP contribution in [0.3, 0.4) is 0 Å². The van der Waals surface area contributed by atoms with Crippen LogP contribution in [0.4, 0.5) is 0 Å². The first-order chi connectivity index (χ1) is 7.19. The fourth-order valence-corrected chi connectivity index (χ4v) is 1.72. The van der Waals surface area contributed by atoms with Gasteiger partial charge in [0.25, 0.3) is 0 Å². The molecule has 0 unspecified atom stereocenters. The quantitative estimate of drug-likeness (QED) is 0.606. The van der Waals surface area contributed by atoms with Gasteiger partial charge in [-0.3, -0.25) is 0 Å². The Morgan fingerprint density at radius 3 is 2.40 bits per heavy atom. The average molecular weight is 273 g/mol. The minimum Gasteiger partial charge on any atom is -0.465 e. The zero-order valence-corrected chi connectivity index (χ0v) is 11.2. The van der Waals surface area contributed by atoms with Crippen molar-refractivity contribution >= 4 is 21.9 Å². The molecular weight excluding hydrogens is 256 g/mol. The normalized spacial score (nSPS) is 8.87. The van der Waals surface area contributed by atoms with E-state index in [0.29, 0.717) is 5.56 Å². The van der Waals surface area contributed by atoms with Gasteiger partial charge >= 0.3 is 5.97 Å². The number of rotatable bonds is 2. The van der Waals surface area contributed by atoms with Gasteiger partial charge in [-0.25, -0.2) is 4.79 Å². The summed E-state index contributed by atoms with van der Waals surface area (Å²) in [5.74, 6) is -0.288. The van der Waals surface area contributed by atoms with E-state index in [2.05, 4.69) is 20.7 Å². The average Bonchev–Trinajstić information content (AvgIpc) is 2.30. The first-order valence-corrected chi connectivity index (χ1v) is 6.05. The third kappa shape index (κ3) is 4.04. The van der Waals surface area contributed by atoms with Crippen molar-refractivity contribution in [1.29, 1.82) is 0 Å². The lowest BCUT2D eigenvalue weighted by atomic mass is 10.1. The molecule has 1 rings (SSSR count). The van der Waals surface area contributed by atoms with Gasteiger partial charge in [0.05, 0.1) is 12.7 Å². The number of ether oxygens (including phenoxy) is 1. The minimum absolute atomic E-state index is 0.288. The highest BCUT2D eigenvalue weighted by atomic mass is 79.9. The number of esters is 1. The lowest BCUT2D eigenvalue weighted by Crippen LogP contribution is -2.01. The molecule has 0 spiro atoms. The van der Waals surface area contributed by atoms with E-state index in [-0.39, 0.29) is 5.97 Å². The van der Waals surface area contributed by atoms with Crippen LogP contribution < -0.4 is 0 Å². The van der Waals surface area contributed by atoms with Crippen LogP contribution >= 0.6 is 15.9 Å². The molecule has 0 fully saturated rings. The molecule has 1 aromatic rings. The Kier molecular flexibility index (Phi) is 7.05. The van der Waals surface area contributed by atoms with Crippen LogP contribution in [0.1, 0.15) is 35.3 Å². The topological polar surface area (TPSA) is 26.3 Å². The van der Waals surface area contributed by atoms with Crippen LogP contribution in [0.25, 0.3) is 0 Å². The molecule has 0 aromatic heterocycles. The molecule has 1 aromatic carbocycles. The van der Waals surface area contributed by atoms with Crippen LogP contribution in [-0.4, -0.2) is 13.1 Å². The van der Waals surface area contributed by atoms with Gasteiger partial charge in [-0.05, 0) is 30.2 Å². The molecule has 0 atom stereocenters. The van der Waals surface area contributed by atoms with Gasteiger partial charge in [0.15, 0.2) is 0 Å². The molecule has 15 heavy (non-hydrogen) atoms. The van der Waals surface area contributed by atoms with E-state index in [0.717, 1.165) is 10.9 Å². The van der Waals surface area contributed by atoms with Gasteiger partial charge in [-0.2, -0.15) is 0 Å². The first-order valence-electron chi connectivity index (χ1n) is 4.93. The molecule has 0 aliphatic carbocycles. The van der Waals surface area contributed by atoms with Crippen LogP contribution in [0.5, 0.6) is 0 Å². The molecule has 0 saturated carbocycles. The maximum Gasteiger partial charge on any atom is 0.337 e. The zero-order valence-electron chi connectivity index (χ0n) is 9.63. The molecule has 84 valence electrons. The Labute approximate surface area is 99.8 Å². The Morgan fingerprint density at radius 2 is 2.00 bits per heavy atom. The Morgan fingerprint density at radius 1 is 1.40 bits per heavy atom. The zero-order chi connectivity index (χ0) is 11.8. The summed E-state index contributed by atoms with van der Waals surface area (Å²) in [5, 5.41) is 0.806. The highest BCUT2D eigenvalue weighted by Crippen LogP contribution is 2.14. The molecule has 0 aliphatic heterocycles. The number of halogens is 1. The predicted molar refractivity (Wildman–Crippen MR) is 66.5 cm³/mol. The highest BCUT2D eigenvalue weighted by Gasteiger charge is 2.06. The molecule has 0 bridgehead atoms. The fraction of sp³-hybridized carbons (Fsp3) is 0.417. The number of carbonyl (C=O) groups is 1. The molecule has 0 radical (unpaired) electrons. The molecule has 0 aliphatic rings. The number of methoxy groups -OCH3 is 1. The summed E-state index contributed by atoms with van der Waals surface area (Å²) in [6, 6.07) is 5.54. The lowest BCUT2D eigenvalue weighted by Gasteiger charge is -2.04. The van der Waals surface area contributed by atoms with Crippen LogP contribution in [0.2, 0.25) is 0 Å². The summed E-state index contributed by atoms with van der Waals surface area (Å²) < 4.78 is 4.61. The number of hydrogen-bond acceptors (Lipinski definition) is 2. The van der Waals surface area contributed by atoms with E-state index in [1.807, 2.05) is 32.9 Å². The summed E-state index contributed by atoms with van der Waals surface area (Å²) in [6.45, 7) is 5.98. The molecule has 0 amide bonds. The molecule has 0 N–H and O–H groups in total. The van der Waals surface area contributed by atoms with E-state index in [1.165, 1.54) is 12.7 Å². The summed E-state index contributed by atoms with van der Waals surface area (Å²) in [6.07, 6.45) is 0. The fourth-order valence-electron chi connectivity index (χ4n) is 1.09. The van der Waals surface area contributed by atoms with Crippen molar-refractivity contribution in [2.24, 2.45) is 0 Å². The van der Waals surface area contributed by atoms with E-state index in [4.69, 9.17) is 0 Å². The second kappa shape index (κ2) is 7.46. The Hall–Kier alpha value is -0.830. The van der Waals surface area contributed by atoms with Gasteiger partial charge in [-0.1, -0.05) is 35.8 Å². The maximum absolute atomic E-state index is 11.1. The van der Waals surface area contributed by atoms with Crippen molar-refractivity contribution in [3.8, 4) is 0 Å².